The Morgan fingerprint density at radius 1 is 1.21 bits per heavy atom. The molecule has 0 aliphatic carbocycles. The van der Waals surface area contributed by atoms with Crippen LogP contribution in [0.3, 0.4) is 0 Å². The van der Waals surface area contributed by atoms with Crippen LogP contribution in [-0.2, 0) is 13.2 Å². The van der Waals surface area contributed by atoms with E-state index in [4.69, 9.17) is 4.74 Å². The molecule has 0 unspecified atom stereocenters. The highest BCUT2D eigenvalue weighted by molar-refractivity contribution is 5.17. The molecule has 2 heterocycles. The summed E-state index contributed by atoms with van der Waals surface area (Å²) in [5, 5.41) is 3.35. The lowest BCUT2D eigenvalue weighted by atomic mass is 10.2. The van der Waals surface area contributed by atoms with Crippen LogP contribution >= 0.6 is 0 Å². The molecule has 0 bridgehead atoms. The van der Waals surface area contributed by atoms with Crippen molar-refractivity contribution in [2.75, 3.05) is 6.54 Å². The van der Waals surface area contributed by atoms with Gasteiger partial charge in [-0.1, -0.05) is 13.0 Å². The first-order valence-corrected chi connectivity index (χ1v) is 6.56. The zero-order chi connectivity index (χ0) is 13.3. The predicted molar refractivity (Wildman–Crippen MR) is 74.8 cm³/mol. The molecule has 19 heavy (non-hydrogen) atoms. The summed E-state index contributed by atoms with van der Waals surface area (Å²) in [6.45, 7) is 4.52. The standard InChI is InChI=1S/C15H19N3O/c1-2-7-16-9-13-5-6-14(18-10-13)12-19-15-4-3-8-17-11-15/h3-6,8,10-11,16H,2,7,9,12H2,1H3. The fourth-order valence-electron chi connectivity index (χ4n) is 1.64. The number of aromatic nitrogens is 2. The second-order valence-electron chi connectivity index (χ2n) is 4.31. The third kappa shape index (κ3) is 4.67. The summed E-state index contributed by atoms with van der Waals surface area (Å²) in [6, 6.07) is 7.82. The van der Waals surface area contributed by atoms with Crippen molar-refractivity contribution in [1.29, 1.82) is 0 Å². The number of rotatable bonds is 7. The van der Waals surface area contributed by atoms with Gasteiger partial charge in [0.25, 0.3) is 0 Å². The molecule has 4 heteroatoms. The van der Waals surface area contributed by atoms with Crippen molar-refractivity contribution < 1.29 is 4.74 Å². The number of hydrogen-bond acceptors (Lipinski definition) is 4. The fourth-order valence-corrected chi connectivity index (χ4v) is 1.64. The molecule has 2 aromatic rings. The van der Waals surface area contributed by atoms with Gasteiger partial charge in [-0.2, -0.15) is 0 Å². The van der Waals surface area contributed by atoms with Crippen LogP contribution in [0.1, 0.15) is 24.6 Å². The maximum absolute atomic E-state index is 5.59. The Morgan fingerprint density at radius 2 is 2.16 bits per heavy atom. The summed E-state index contributed by atoms with van der Waals surface area (Å²) in [5.41, 5.74) is 2.11. The van der Waals surface area contributed by atoms with Gasteiger partial charge in [0, 0.05) is 18.9 Å². The third-order valence-electron chi connectivity index (χ3n) is 2.66. The van der Waals surface area contributed by atoms with Gasteiger partial charge in [-0.05, 0) is 36.7 Å². The SMILES string of the molecule is CCCNCc1ccc(COc2cccnc2)nc1. The summed E-state index contributed by atoms with van der Waals surface area (Å²) in [5.74, 6) is 0.762. The molecule has 0 saturated heterocycles. The van der Waals surface area contributed by atoms with Gasteiger partial charge < -0.3 is 10.1 Å². The minimum absolute atomic E-state index is 0.467. The molecule has 0 aromatic carbocycles. The molecule has 1 N–H and O–H groups in total. The highest BCUT2D eigenvalue weighted by Crippen LogP contribution is 2.09. The summed E-state index contributed by atoms with van der Waals surface area (Å²) < 4.78 is 5.59. The highest BCUT2D eigenvalue weighted by atomic mass is 16.5. The molecule has 0 saturated carbocycles. The van der Waals surface area contributed by atoms with E-state index in [1.807, 2.05) is 24.4 Å². The largest absolute Gasteiger partial charge is 0.486 e. The van der Waals surface area contributed by atoms with Gasteiger partial charge >= 0.3 is 0 Å². The van der Waals surface area contributed by atoms with Gasteiger partial charge in [0.15, 0.2) is 0 Å². The van der Waals surface area contributed by atoms with E-state index in [9.17, 15) is 0 Å². The van der Waals surface area contributed by atoms with E-state index in [0.717, 1.165) is 31.0 Å². The van der Waals surface area contributed by atoms with Crippen LogP contribution < -0.4 is 10.1 Å². The van der Waals surface area contributed by atoms with Gasteiger partial charge in [-0.25, -0.2) is 0 Å². The molecule has 0 fully saturated rings. The summed E-state index contributed by atoms with van der Waals surface area (Å²) in [7, 11) is 0. The molecule has 0 spiro atoms. The summed E-state index contributed by atoms with van der Waals surface area (Å²) >= 11 is 0. The van der Waals surface area contributed by atoms with Crippen LogP contribution in [0.4, 0.5) is 0 Å². The predicted octanol–water partition coefficient (Wildman–Crippen LogP) is 2.56. The minimum Gasteiger partial charge on any atom is -0.486 e. The quantitative estimate of drug-likeness (QED) is 0.774. The van der Waals surface area contributed by atoms with Crippen molar-refractivity contribution >= 4 is 0 Å². The van der Waals surface area contributed by atoms with E-state index in [0.29, 0.717) is 6.61 Å². The molecular formula is C15H19N3O. The minimum atomic E-state index is 0.467. The van der Waals surface area contributed by atoms with Gasteiger partial charge in [0.1, 0.15) is 12.4 Å². The zero-order valence-corrected chi connectivity index (χ0v) is 11.2. The molecule has 0 radical (unpaired) electrons. The van der Waals surface area contributed by atoms with Gasteiger partial charge in [0.2, 0.25) is 0 Å². The van der Waals surface area contributed by atoms with E-state index < -0.39 is 0 Å². The number of ether oxygens (including phenoxy) is 1. The Hall–Kier alpha value is -1.94. The first-order chi connectivity index (χ1) is 9.38. The number of hydrogen-bond donors (Lipinski definition) is 1. The maximum atomic E-state index is 5.59. The highest BCUT2D eigenvalue weighted by Gasteiger charge is 1.98. The van der Waals surface area contributed by atoms with Gasteiger partial charge in [-0.3, -0.25) is 9.97 Å². The monoisotopic (exact) mass is 257 g/mol. The zero-order valence-electron chi connectivity index (χ0n) is 11.2. The van der Waals surface area contributed by atoms with Crippen molar-refractivity contribution in [3.63, 3.8) is 0 Å². The Morgan fingerprint density at radius 3 is 2.84 bits per heavy atom. The second-order valence-corrected chi connectivity index (χ2v) is 4.31. The Labute approximate surface area is 113 Å². The second kappa shape index (κ2) is 7.48. The lowest BCUT2D eigenvalue weighted by Gasteiger charge is -2.06. The average molecular weight is 257 g/mol. The molecule has 100 valence electrons. The number of nitrogens with zero attached hydrogens (tertiary/aromatic N) is 2. The number of nitrogens with one attached hydrogen (secondary N) is 1. The topological polar surface area (TPSA) is 47.0 Å². The third-order valence-corrected chi connectivity index (χ3v) is 2.66. The molecule has 0 atom stereocenters. The molecule has 2 aromatic heterocycles. The molecule has 4 nitrogen and oxygen atoms in total. The molecule has 0 amide bonds. The molecular weight excluding hydrogens is 238 g/mol. The molecule has 0 aliphatic rings. The van der Waals surface area contributed by atoms with Crippen molar-refractivity contribution in [2.45, 2.75) is 26.5 Å². The summed E-state index contributed by atoms with van der Waals surface area (Å²) in [4.78, 5) is 8.39. The van der Waals surface area contributed by atoms with Gasteiger partial charge in [-0.15, -0.1) is 0 Å². The van der Waals surface area contributed by atoms with Gasteiger partial charge in [0.05, 0.1) is 11.9 Å². The lowest BCUT2D eigenvalue weighted by molar-refractivity contribution is 0.300. The van der Waals surface area contributed by atoms with E-state index in [-0.39, 0.29) is 0 Å². The Kier molecular flexibility index (Phi) is 5.31. The van der Waals surface area contributed by atoms with Crippen LogP contribution in [0.2, 0.25) is 0 Å². The van der Waals surface area contributed by atoms with Crippen molar-refractivity contribution in [3.05, 3.63) is 54.1 Å². The Bertz CT molecular complexity index is 471. The molecule has 0 aliphatic heterocycles. The normalized spacial score (nSPS) is 10.4. The van der Waals surface area contributed by atoms with Crippen LogP contribution in [-0.4, -0.2) is 16.5 Å². The van der Waals surface area contributed by atoms with Crippen LogP contribution in [0.5, 0.6) is 5.75 Å². The summed E-state index contributed by atoms with van der Waals surface area (Å²) in [6.07, 6.45) is 6.46. The van der Waals surface area contributed by atoms with E-state index in [1.54, 1.807) is 12.4 Å². The average Bonchev–Trinajstić information content (AvgIpc) is 2.48. The first kappa shape index (κ1) is 13.5. The smallest absolute Gasteiger partial charge is 0.138 e. The van der Waals surface area contributed by atoms with Crippen molar-refractivity contribution in [3.8, 4) is 5.75 Å². The Balaban J connectivity index is 1.81. The maximum Gasteiger partial charge on any atom is 0.138 e. The van der Waals surface area contributed by atoms with E-state index in [2.05, 4.69) is 28.3 Å². The first-order valence-electron chi connectivity index (χ1n) is 6.56. The van der Waals surface area contributed by atoms with Crippen LogP contribution in [0.25, 0.3) is 0 Å². The number of pyridine rings is 2. The van der Waals surface area contributed by atoms with Crippen LogP contribution in [0.15, 0.2) is 42.9 Å². The van der Waals surface area contributed by atoms with E-state index >= 15 is 0 Å². The fraction of sp³-hybridized carbons (Fsp3) is 0.333. The van der Waals surface area contributed by atoms with Crippen LogP contribution in [0, 0.1) is 0 Å². The van der Waals surface area contributed by atoms with Crippen molar-refractivity contribution in [2.24, 2.45) is 0 Å². The molecule has 2 rings (SSSR count). The lowest BCUT2D eigenvalue weighted by Crippen LogP contribution is -2.14. The van der Waals surface area contributed by atoms with Crippen molar-refractivity contribution in [1.82, 2.24) is 15.3 Å². The van der Waals surface area contributed by atoms with E-state index in [1.165, 1.54) is 5.56 Å².